The molecule has 0 aliphatic carbocycles. The molecule has 2 aromatic rings. The van der Waals surface area contributed by atoms with E-state index in [4.69, 9.17) is 0 Å². The monoisotopic (exact) mass is 279 g/mol. The molecule has 0 bridgehead atoms. The molecule has 0 fully saturated rings. The van der Waals surface area contributed by atoms with Gasteiger partial charge < -0.3 is 10.0 Å². The number of hydrogen-bond donors (Lipinski definition) is 1. The summed E-state index contributed by atoms with van der Waals surface area (Å²) < 4.78 is 0. The Hall–Kier alpha value is -2.39. The van der Waals surface area contributed by atoms with Gasteiger partial charge in [-0.1, -0.05) is 54.6 Å². The van der Waals surface area contributed by atoms with Crippen LogP contribution in [-0.2, 0) is 0 Å². The van der Waals surface area contributed by atoms with Gasteiger partial charge in [-0.15, -0.1) is 0 Å². The number of aliphatic hydroxyl groups excluding tert-OH is 1. The van der Waals surface area contributed by atoms with E-state index in [-0.39, 0.29) is 5.91 Å². The molecule has 1 aliphatic rings. The van der Waals surface area contributed by atoms with Gasteiger partial charge in [0.2, 0.25) is 0 Å². The highest BCUT2D eigenvalue weighted by Crippen LogP contribution is 2.31. The normalized spacial score (nSPS) is 17.5. The van der Waals surface area contributed by atoms with Crippen molar-refractivity contribution in [2.24, 2.45) is 0 Å². The summed E-state index contributed by atoms with van der Waals surface area (Å²) in [6.07, 6.45) is 3.04. The molecule has 1 amide bonds. The minimum atomic E-state index is -0.852. The Morgan fingerprint density at radius 1 is 1.14 bits per heavy atom. The lowest BCUT2D eigenvalue weighted by Crippen LogP contribution is -2.27. The summed E-state index contributed by atoms with van der Waals surface area (Å²) in [6.45, 7) is 2.44. The van der Waals surface area contributed by atoms with Crippen molar-refractivity contribution >= 4 is 12.0 Å². The molecule has 0 radical (unpaired) electrons. The van der Waals surface area contributed by atoms with Crippen molar-refractivity contribution in [3.05, 3.63) is 76.9 Å². The Labute approximate surface area is 124 Å². The smallest absolute Gasteiger partial charge is 0.256 e. The minimum Gasteiger partial charge on any atom is -0.369 e. The first-order valence-electron chi connectivity index (χ1n) is 6.98. The number of aliphatic hydroxyl groups is 1. The zero-order valence-corrected chi connectivity index (χ0v) is 11.9. The van der Waals surface area contributed by atoms with E-state index in [1.807, 2.05) is 55.5 Å². The van der Waals surface area contributed by atoms with Crippen LogP contribution < -0.4 is 0 Å². The molecule has 3 nitrogen and oxygen atoms in total. The number of carbonyl (C=O) groups is 1. The molecule has 3 heteroatoms. The molecule has 1 aliphatic heterocycles. The summed E-state index contributed by atoms with van der Waals surface area (Å²) in [5.41, 5.74) is 3.59. The lowest BCUT2D eigenvalue weighted by atomic mass is 10.1. The van der Waals surface area contributed by atoms with Crippen LogP contribution in [0.15, 0.2) is 54.6 Å². The molecule has 1 atom stereocenters. The third kappa shape index (κ3) is 2.48. The van der Waals surface area contributed by atoms with E-state index in [0.29, 0.717) is 17.7 Å². The average Bonchev–Trinajstić information content (AvgIpc) is 2.74. The SMILES string of the molecule is Cc1ccccc1/C=C/CN1C(=O)c2ccccc2C1O. The van der Waals surface area contributed by atoms with Crippen molar-refractivity contribution in [1.82, 2.24) is 4.90 Å². The first-order chi connectivity index (χ1) is 10.2. The quantitative estimate of drug-likeness (QED) is 0.937. The van der Waals surface area contributed by atoms with Crippen LogP contribution in [0.2, 0.25) is 0 Å². The largest absolute Gasteiger partial charge is 0.369 e. The number of amides is 1. The molecule has 3 rings (SSSR count). The molecule has 2 aromatic carbocycles. The van der Waals surface area contributed by atoms with Crippen molar-refractivity contribution < 1.29 is 9.90 Å². The summed E-state index contributed by atoms with van der Waals surface area (Å²) in [5.74, 6) is -0.118. The Morgan fingerprint density at radius 3 is 2.62 bits per heavy atom. The van der Waals surface area contributed by atoms with Crippen LogP contribution in [0, 0.1) is 6.92 Å². The number of nitrogens with zero attached hydrogens (tertiary/aromatic N) is 1. The predicted molar refractivity (Wildman–Crippen MR) is 82.7 cm³/mol. The first-order valence-corrected chi connectivity index (χ1v) is 6.98. The maximum atomic E-state index is 12.2. The average molecular weight is 279 g/mol. The lowest BCUT2D eigenvalue weighted by molar-refractivity contribution is 0.0233. The van der Waals surface area contributed by atoms with Crippen molar-refractivity contribution in [3.63, 3.8) is 0 Å². The molecule has 1 heterocycles. The second kappa shape index (κ2) is 5.54. The van der Waals surface area contributed by atoms with E-state index in [0.717, 1.165) is 5.56 Å². The van der Waals surface area contributed by atoms with Crippen molar-refractivity contribution in [1.29, 1.82) is 0 Å². The second-order valence-corrected chi connectivity index (χ2v) is 5.18. The second-order valence-electron chi connectivity index (χ2n) is 5.18. The van der Waals surface area contributed by atoms with Crippen LogP contribution in [0.25, 0.3) is 6.08 Å². The Bertz CT molecular complexity index is 706. The minimum absolute atomic E-state index is 0.118. The molecular formula is C18H17NO2. The number of carbonyl (C=O) groups excluding carboxylic acids is 1. The summed E-state index contributed by atoms with van der Waals surface area (Å²) in [4.78, 5) is 13.7. The van der Waals surface area contributed by atoms with E-state index >= 15 is 0 Å². The standard InChI is InChI=1S/C18H17NO2/c1-13-7-2-3-8-14(13)9-6-12-19-17(20)15-10-4-5-11-16(15)18(19)21/h2-11,17,20H,12H2,1H3/b9-6+. The topological polar surface area (TPSA) is 40.5 Å². The van der Waals surface area contributed by atoms with Gasteiger partial charge >= 0.3 is 0 Å². The zero-order valence-electron chi connectivity index (χ0n) is 11.9. The van der Waals surface area contributed by atoms with Gasteiger partial charge in [0.15, 0.2) is 6.23 Å². The fourth-order valence-electron chi connectivity index (χ4n) is 2.60. The highest BCUT2D eigenvalue weighted by Gasteiger charge is 2.33. The molecule has 1 N–H and O–H groups in total. The van der Waals surface area contributed by atoms with Crippen LogP contribution in [-0.4, -0.2) is 22.5 Å². The van der Waals surface area contributed by atoms with E-state index in [9.17, 15) is 9.90 Å². The van der Waals surface area contributed by atoms with Gasteiger partial charge in [0.1, 0.15) is 0 Å². The van der Waals surface area contributed by atoms with Crippen molar-refractivity contribution in [2.75, 3.05) is 6.54 Å². The third-order valence-corrected chi connectivity index (χ3v) is 3.81. The molecule has 0 spiro atoms. The first kappa shape index (κ1) is 13.6. The van der Waals surface area contributed by atoms with Gasteiger partial charge in [-0.2, -0.15) is 0 Å². The van der Waals surface area contributed by atoms with E-state index < -0.39 is 6.23 Å². The molecule has 106 valence electrons. The van der Waals surface area contributed by atoms with Gasteiger partial charge in [-0.3, -0.25) is 4.79 Å². The fourth-order valence-corrected chi connectivity index (χ4v) is 2.60. The Balaban J connectivity index is 1.76. The van der Waals surface area contributed by atoms with E-state index in [1.165, 1.54) is 10.5 Å². The Kier molecular flexibility index (Phi) is 3.59. The predicted octanol–water partition coefficient (Wildman–Crippen LogP) is 3.16. The number of fused-ring (bicyclic) bond motifs is 1. The third-order valence-electron chi connectivity index (χ3n) is 3.81. The highest BCUT2D eigenvalue weighted by atomic mass is 16.3. The maximum Gasteiger partial charge on any atom is 0.256 e. The van der Waals surface area contributed by atoms with Gasteiger partial charge in [0.05, 0.1) is 0 Å². The summed E-state index contributed by atoms with van der Waals surface area (Å²) >= 11 is 0. The van der Waals surface area contributed by atoms with Gasteiger partial charge in [-0.05, 0) is 24.1 Å². The zero-order chi connectivity index (χ0) is 14.8. The summed E-state index contributed by atoms with van der Waals surface area (Å²) in [7, 11) is 0. The Morgan fingerprint density at radius 2 is 1.86 bits per heavy atom. The van der Waals surface area contributed by atoms with Gasteiger partial charge in [0, 0.05) is 17.7 Å². The van der Waals surface area contributed by atoms with Gasteiger partial charge in [0.25, 0.3) is 5.91 Å². The van der Waals surface area contributed by atoms with Crippen molar-refractivity contribution in [2.45, 2.75) is 13.2 Å². The molecule has 21 heavy (non-hydrogen) atoms. The van der Waals surface area contributed by atoms with Crippen LogP contribution >= 0.6 is 0 Å². The van der Waals surface area contributed by atoms with Crippen LogP contribution in [0.4, 0.5) is 0 Å². The molecule has 1 unspecified atom stereocenters. The number of hydrogen-bond acceptors (Lipinski definition) is 2. The van der Waals surface area contributed by atoms with Crippen LogP contribution in [0.1, 0.15) is 33.3 Å². The molecule has 0 saturated heterocycles. The number of aryl methyl sites for hydroxylation is 1. The highest BCUT2D eigenvalue weighted by molar-refractivity contribution is 5.99. The molecule has 0 aromatic heterocycles. The van der Waals surface area contributed by atoms with Crippen molar-refractivity contribution in [3.8, 4) is 0 Å². The fraction of sp³-hybridized carbons (Fsp3) is 0.167. The van der Waals surface area contributed by atoms with Crippen LogP contribution in [0.5, 0.6) is 0 Å². The number of rotatable bonds is 3. The number of benzene rings is 2. The summed E-state index contributed by atoms with van der Waals surface area (Å²) in [6, 6.07) is 15.3. The molecule has 0 saturated carbocycles. The van der Waals surface area contributed by atoms with Gasteiger partial charge in [-0.25, -0.2) is 0 Å². The van der Waals surface area contributed by atoms with E-state index in [1.54, 1.807) is 12.1 Å². The lowest BCUT2D eigenvalue weighted by Gasteiger charge is -2.18. The van der Waals surface area contributed by atoms with Crippen LogP contribution in [0.3, 0.4) is 0 Å². The van der Waals surface area contributed by atoms with E-state index in [2.05, 4.69) is 0 Å². The maximum absolute atomic E-state index is 12.2. The summed E-state index contributed by atoms with van der Waals surface area (Å²) in [5, 5.41) is 10.2. The molecular weight excluding hydrogens is 262 g/mol.